The quantitative estimate of drug-likeness (QED) is 0.720. The van der Waals surface area contributed by atoms with E-state index in [1.807, 2.05) is 26.2 Å². The van der Waals surface area contributed by atoms with Gasteiger partial charge in [0.25, 0.3) is 0 Å². The third-order valence-electron chi connectivity index (χ3n) is 2.91. The smallest absolute Gasteiger partial charge is 0.103 e. The Morgan fingerprint density at radius 2 is 1.11 bits per heavy atom. The molecular weight excluding hydrogens is 224 g/mol. The summed E-state index contributed by atoms with van der Waals surface area (Å²) in [5.74, 6) is 1.86. The van der Waals surface area contributed by atoms with E-state index in [1.165, 1.54) is 0 Å². The minimum atomic E-state index is 0.929. The summed E-state index contributed by atoms with van der Waals surface area (Å²) in [6.45, 7) is 3.90. The molecule has 0 amide bonds. The van der Waals surface area contributed by atoms with E-state index in [1.54, 1.807) is 0 Å². The Morgan fingerprint density at radius 1 is 0.722 bits per heavy atom. The van der Waals surface area contributed by atoms with Gasteiger partial charge in [-0.1, -0.05) is 24.3 Å². The third-order valence-corrected chi connectivity index (χ3v) is 2.91. The number of nitrogens with one attached hydrogen (secondary N) is 2. The van der Waals surface area contributed by atoms with Gasteiger partial charge in [0.15, 0.2) is 0 Å². The lowest BCUT2D eigenvalue weighted by Gasteiger charge is -2.00. The predicted octanol–water partition coefficient (Wildman–Crippen LogP) is 3.08. The fourth-order valence-electron chi connectivity index (χ4n) is 1.96. The number of H-pyrrole nitrogens is 2. The zero-order valence-electron chi connectivity index (χ0n) is 10.4. The fraction of sp³-hybridized carbons (Fsp3) is 0.143. The number of aromatic nitrogens is 4. The molecule has 0 radical (unpaired) electrons. The summed E-state index contributed by atoms with van der Waals surface area (Å²) in [4.78, 5) is 14.9. The lowest BCUT2D eigenvalue weighted by molar-refractivity contribution is 1.15. The van der Waals surface area contributed by atoms with Crippen LogP contribution in [0.2, 0.25) is 0 Å². The molecule has 0 fully saturated rings. The van der Waals surface area contributed by atoms with Gasteiger partial charge in [-0.25, -0.2) is 9.97 Å². The van der Waals surface area contributed by atoms with Crippen molar-refractivity contribution in [1.29, 1.82) is 0 Å². The molecule has 2 heterocycles. The van der Waals surface area contributed by atoms with E-state index < -0.39 is 0 Å². The van der Waals surface area contributed by atoms with Crippen LogP contribution in [0.15, 0.2) is 36.7 Å². The second-order valence-electron chi connectivity index (χ2n) is 4.34. The lowest BCUT2D eigenvalue weighted by atomic mass is 10.1. The van der Waals surface area contributed by atoms with Gasteiger partial charge < -0.3 is 9.97 Å². The highest BCUT2D eigenvalue weighted by Crippen LogP contribution is 2.22. The average molecular weight is 238 g/mol. The summed E-state index contributed by atoms with van der Waals surface area (Å²) >= 11 is 0. The van der Waals surface area contributed by atoms with Crippen molar-refractivity contribution in [2.75, 3.05) is 0 Å². The lowest BCUT2D eigenvalue weighted by Crippen LogP contribution is -1.81. The number of rotatable bonds is 2. The second kappa shape index (κ2) is 4.14. The Balaban J connectivity index is 1.94. The third kappa shape index (κ3) is 1.93. The summed E-state index contributed by atoms with van der Waals surface area (Å²) < 4.78 is 0. The van der Waals surface area contributed by atoms with Gasteiger partial charge in [0.05, 0.1) is 23.8 Å². The molecule has 0 saturated carbocycles. The first-order valence-corrected chi connectivity index (χ1v) is 5.86. The van der Waals surface area contributed by atoms with E-state index >= 15 is 0 Å². The Hall–Kier alpha value is -2.36. The van der Waals surface area contributed by atoms with Crippen LogP contribution in [-0.2, 0) is 0 Å². The zero-order valence-corrected chi connectivity index (χ0v) is 10.4. The van der Waals surface area contributed by atoms with E-state index in [0.29, 0.717) is 0 Å². The van der Waals surface area contributed by atoms with Gasteiger partial charge >= 0.3 is 0 Å². The van der Waals surface area contributed by atoms with Gasteiger partial charge in [0.1, 0.15) is 11.6 Å². The van der Waals surface area contributed by atoms with Gasteiger partial charge in [-0.15, -0.1) is 0 Å². The molecule has 0 unspecified atom stereocenters. The predicted molar refractivity (Wildman–Crippen MR) is 71.1 cm³/mol. The molecule has 2 aromatic heterocycles. The highest BCUT2D eigenvalue weighted by molar-refractivity contribution is 5.66. The van der Waals surface area contributed by atoms with E-state index in [2.05, 4.69) is 44.2 Å². The minimum absolute atomic E-state index is 0.929. The Bertz CT molecular complexity index is 602. The maximum atomic E-state index is 4.21. The highest BCUT2D eigenvalue weighted by atomic mass is 14.9. The van der Waals surface area contributed by atoms with Crippen LogP contribution in [0.25, 0.3) is 22.5 Å². The van der Waals surface area contributed by atoms with E-state index in [-0.39, 0.29) is 0 Å². The van der Waals surface area contributed by atoms with Crippen molar-refractivity contribution in [2.24, 2.45) is 0 Å². The number of benzene rings is 1. The zero-order chi connectivity index (χ0) is 12.5. The summed E-state index contributed by atoms with van der Waals surface area (Å²) in [5.41, 5.74) is 4.35. The molecular formula is C14H14N4. The monoisotopic (exact) mass is 238 g/mol. The van der Waals surface area contributed by atoms with Crippen LogP contribution in [0.4, 0.5) is 0 Å². The largest absolute Gasteiger partial charge is 0.342 e. The molecule has 0 spiro atoms. The van der Waals surface area contributed by atoms with Gasteiger partial charge in [-0.05, 0) is 25.0 Å². The number of hydrogen-bond donors (Lipinski definition) is 2. The van der Waals surface area contributed by atoms with Crippen molar-refractivity contribution in [2.45, 2.75) is 13.8 Å². The Labute approximate surface area is 105 Å². The summed E-state index contributed by atoms with van der Waals surface area (Å²) in [6.07, 6.45) is 3.70. The number of nitrogens with zero attached hydrogens (tertiary/aromatic N) is 2. The SMILES string of the molecule is Cc1ncc(-c2ccc(-c3cnc(C)[nH]3)cc2)[nH]1. The number of imidazole rings is 2. The first-order chi connectivity index (χ1) is 8.72. The van der Waals surface area contributed by atoms with Crippen molar-refractivity contribution in [1.82, 2.24) is 19.9 Å². The maximum absolute atomic E-state index is 4.21. The standard InChI is InChI=1S/C14H14N4/c1-9-15-7-13(17-9)11-3-5-12(6-4-11)14-8-16-10(2)18-14/h3-8H,1-2H3,(H,15,17)(H,16,18). The normalized spacial score (nSPS) is 10.8. The van der Waals surface area contributed by atoms with Gasteiger partial charge in [-0.2, -0.15) is 0 Å². The van der Waals surface area contributed by atoms with Crippen molar-refractivity contribution in [3.05, 3.63) is 48.3 Å². The van der Waals surface area contributed by atoms with Crippen LogP contribution >= 0.6 is 0 Å². The number of aromatic amines is 2. The van der Waals surface area contributed by atoms with Crippen molar-refractivity contribution < 1.29 is 0 Å². The van der Waals surface area contributed by atoms with Crippen LogP contribution in [-0.4, -0.2) is 19.9 Å². The van der Waals surface area contributed by atoms with Crippen LogP contribution < -0.4 is 0 Å². The first kappa shape index (κ1) is 10.8. The van der Waals surface area contributed by atoms with Gasteiger partial charge in [0, 0.05) is 0 Å². The first-order valence-electron chi connectivity index (χ1n) is 5.86. The van der Waals surface area contributed by atoms with Crippen LogP contribution in [0.1, 0.15) is 11.6 Å². The van der Waals surface area contributed by atoms with E-state index in [0.717, 1.165) is 34.2 Å². The molecule has 3 aromatic rings. The number of aryl methyl sites for hydroxylation is 2. The van der Waals surface area contributed by atoms with Crippen LogP contribution in [0.5, 0.6) is 0 Å². The molecule has 0 aliphatic heterocycles. The van der Waals surface area contributed by atoms with Crippen LogP contribution in [0.3, 0.4) is 0 Å². The van der Waals surface area contributed by atoms with Crippen molar-refractivity contribution in [3.8, 4) is 22.5 Å². The minimum Gasteiger partial charge on any atom is -0.342 e. The fourth-order valence-corrected chi connectivity index (χ4v) is 1.96. The summed E-state index contributed by atoms with van der Waals surface area (Å²) in [5, 5.41) is 0. The molecule has 0 atom stereocenters. The topological polar surface area (TPSA) is 57.4 Å². The van der Waals surface area contributed by atoms with E-state index in [4.69, 9.17) is 0 Å². The molecule has 4 heteroatoms. The van der Waals surface area contributed by atoms with Crippen LogP contribution in [0, 0.1) is 13.8 Å². The van der Waals surface area contributed by atoms with Crippen molar-refractivity contribution >= 4 is 0 Å². The molecule has 1 aromatic carbocycles. The van der Waals surface area contributed by atoms with Gasteiger partial charge in [-0.3, -0.25) is 0 Å². The molecule has 90 valence electrons. The molecule has 4 nitrogen and oxygen atoms in total. The summed E-state index contributed by atoms with van der Waals surface area (Å²) in [7, 11) is 0. The van der Waals surface area contributed by atoms with Gasteiger partial charge in [0.2, 0.25) is 0 Å². The molecule has 0 aliphatic rings. The second-order valence-corrected chi connectivity index (χ2v) is 4.34. The molecule has 18 heavy (non-hydrogen) atoms. The molecule has 3 rings (SSSR count). The maximum Gasteiger partial charge on any atom is 0.103 e. The number of hydrogen-bond acceptors (Lipinski definition) is 2. The Kier molecular flexibility index (Phi) is 2.48. The molecule has 0 bridgehead atoms. The molecule has 0 saturated heterocycles. The van der Waals surface area contributed by atoms with E-state index in [9.17, 15) is 0 Å². The molecule has 2 N–H and O–H groups in total. The van der Waals surface area contributed by atoms with Crippen molar-refractivity contribution in [3.63, 3.8) is 0 Å². The average Bonchev–Trinajstić information content (AvgIpc) is 2.98. The highest BCUT2D eigenvalue weighted by Gasteiger charge is 2.03. The Morgan fingerprint density at radius 3 is 1.39 bits per heavy atom. The summed E-state index contributed by atoms with van der Waals surface area (Å²) in [6, 6.07) is 8.33. The molecule has 0 aliphatic carbocycles.